The number of hydrogen-bond acceptors (Lipinski definition) is 4. The number of hydrogen-bond donors (Lipinski definition) is 1. The lowest BCUT2D eigenvalue weighted by Gasteiger charge is -2.42. The first-order chi connectivity index (χ1) is 12.6. The zero-order chi connectivity index (χ0) is 18.4. The average Bonchev–Trinajstić information content (AvgIpc) is 2.64. The van der Waals surface area contributed by atoms with Crippen LogP contribution in [0.4, 0.5) is 0 Å². The molecule has 1 saturated carbocycles. The van der Waals surface area contributed by atoms with E-state index < -0.39 is 0 Å². The van der Waals surface area contributed by atoms with Crippen LogP contribution in [0.2, 0.25) is 0 Å². The highest BCUT2D eigenvalue weighted by molar-refractivity contribution is 5.75. The third kappa shape index (κ3) is 5.17. The predicted octanol–water partition coefficient (Wildman–Crippen LogP) is 1.56. The van der Waals surface area contributed by atoms with Crippen molar-refractivity contribution in [2.24, 2.45) is 5.41 Å². The van der Waals surface area contributed by atoms with Crippen LogP contribution in [-0.4, -0.2) is 54.8 Å². The Kier molecular flexibility index (Phi) is 6.48. The molecule has 3 rings (SSSR count). The Balaban J connectivity index is 1.58. The molecule has 0 unspecified atom stereocenters. The van der Waals surface area contributed by atoms with Gasteiger partial charge in [0.15, 0.2) is 0 Å². The fourth-order valence-electron chi connectivity index (χ4n) is 4.16. The molecule has 0 bridgehead atoms. The molecule has 1 N–H and O–H groups in total. The number of aromatic nitrogens is 1. The topological polar surface area (TPSA) is 63.6 Å². The summed E-state index contributed by atoms with van der Waals surface area (Å²) in [6, 6.07) is 3.42. The molecule has 0 atom stereocenters. The molecular formula is C20H31N3O3. The first-order valence-electron chi connectivity index (χ1n) is 9.80. The SMILES string of the molecule is Cc1ccn(CC(=O)NCC2(CN3CCOCC3)CCCCC2)c(=O)c1. The highest BCUT2D eigenvalue weighted by Crippen LogP contribution is 2.36. The third-order valence-corrected chi connectivity index (χ3v) is 5.70. The van der Waals surface area contributed by atoms with Crippen molar-refractivity contribution >= 4 is 5.91 Å². The van der Waals surface area contributed by atoms with Crippen molar-refractivity contribution in [2.45, 2.75) is 45.6 Å². The van der Waals surface area contributed by atoms with E-state index in [2.05, 4.69) is 10.2 Å². The molecule has 2 aliphatic rings. The highest BCUT2D eigenvalue weighted by atomic mass is 16.5. The Morgan fingerprint density at radius 2 is 1.96 bits per heavy atom. The fraction of sp³-hybridized carbons (Fsp3) is 0.700. The number of nitrogens with zero attached hydrogens (tertiary/aromatic N) is 2. The molecule has 1 aliphatic carbocycles. The Bertz CT molecular complexity index is 659. The van der Waals surface area contributed by atoms with Gasteiger partial charge in [0.1, 0.15) is 6.54 Å². The van der Waals surface area contributed by atoms with Crippen molar-refractivity contribution in [3.63, 3.8) is 0 Å². The molecule has 144 valence electrons. The molecule has 1 aromatic rings. The van der Waals surface area contributed by atoms with Gasteiger partial charge in [-0.2, -0.15) is 0 Å². The maximum atomic E-state index is 12.4. The molecule has 6 heteroatoms. The minimum atomic E-state index is -0.124. The van der Waals surface area contributed by atoms with Crippen molar-refractivity contribution in [3.8, 4) is 0 Å². The van der Waals surface area contributed by atoms with Crippen LogP contribution in [0.25, 0.3) is 0 Å². The van der Waals surface area contributed by atoms with Crippen molar-refractivity contribution in [2.75, 3.05) is 39.4 Å². The maximum absolute atomic E-state index is 12.4. The van der Waals surface area contributed by atoms with E-state index in [9.17, 15) is 9.59 Å². The molecule has 1 amide bonds. The molecule has 2 heterocycles. The summed E-state index contributed by atoms with van der Waals surface area (Å²) >= 11 is 0. The smallest absolute Gasteiger partial charge is 0.251 e. The lowest BCUT2D eigenvalue weighted by Crippen LogP contribution is -2.49. The number of carbonyl (C=O) groups is 1. The molecule has 1 saturated heterocycles. The first kappa shape index (κ1) is 19.1. The number of ether oxygens (including phenoxy) is 1. The zero-order valence-electron chi connectivity index (χ0n) is 15.8. The van der Waals surface area contributed by atoms with Gasteiger partial charge in [-0.1, -0.05) is 19.3 Å². The normalized spacial score (nSPS) is 20.7. The summed E-state index contributed by atoms with van der Waals surface area (Å²) in [5, 5.41) is 3.12. The summed E-state index contributed by atoms with van der Waals surface area (Å²) in [5.74, 6) is -0.0807. The summed E-state index contributed by atoms with van der Waals surface area (Å²) < 4.78 is 6.93. The van der Waals surface area contributed by atoms with E-state index in [0.29, 0.717) is 6.54 Å². The molecule has 1 aromatic heterocycles. The van der Waals surface area contributed by atoms with E-state index in [0.717, 1.165) is 51.3 Å². The summed E-state index contributed by atoms with van der Waals surface area (Å²) in [6.45, 7) is 7.27. The maximum Gasteiger partial charge on any atom is 0.251 e. The van der Waals surface area contributed by atoms with Gasteiger partial charge in [-0.15, -0.1) is 0 Å². The molecule has 0 spiro atoms. The van der Waals surface area contributed by atoms with E-state index in [1.807, 2.05) is 13.0 Å². The van der Waals surface area contributed by atoms with Gasteiger partial charge >= 0.3 is 0 Å². The van der Waals surface area contributed by atoms with Crippen LogP contribution < -0.4 is 10.9 Å². The van der Waals surface area contributed by atoms with E-state index >= 15 is 0 Å². The lowest BCUT2D eigenvalue weighted by molar-refractivity contribution is -0.122. The summed E-state index contributed by atoms with van der Waals surface area (Å²) in [4.78, 5) is 26.9. The number of carbonyl (C=O) groups excluding carboxylic acids is 1. The number of amides is 1. The van der Waals surface area contributed by atoms with Gasteiger partial charge < -0.3 is 14.6 Å². The number of nitrogens with one attached hydrogen (secondary N) is 1. The molecule has 0 radical (unpaired) electrons. The van der Waals surface area contributed by atoms with Crippen LogP contribution in [0.15, 0.2) is 23.1 Å². The van der Waals surface area contributed by atoms with E-state index in [-0.39, 0.29) is 23.4 Å². The molecule has 2 fully saturated rings. The third-order valence-electron chi connectivity index (χ3n) is 5.70. The van der Waals surface area contributed by atoms with Crippen molar-refractivity contribution in [1.82, 2.24) is 14.8 Å². The summed E-state index contributed by atoms with van der Waals surface area (Å²) in [5.41, 5.74) is 0.947. The quantitative estimate of drug-likeness (QED) is 0.835. The van der Waals surface area contributed by atoms with Gasteiger partial charge in [-0.3, -0.25) is 14.5 Å². The number of morpholine rings is 1. The van der Waals surface area contributed by atoms with Crippen molar-refractivity contribution < 1.29 is 9.53 Å². The second-order valence-corrected chi connectivity index (χ2v) is 7.90. The largest absolute Gasteiger partial charge is 0.379 e. The van der Waals surface area contributed by atoms with Crippen LogP contribution in [0.3, 0.4) is 0 Å². The second kappa shape index (κ2) is 8.82. The molecular weight excluding hydrogens is 330 g/mol. The number of rotatable bonds is 6. The molecule has 0 aromatic carbocycles. The van der Waals surface area contributed by atoms with Crippen LogP contribution in [0.1, 0.15) is 37.7 Å². The van der Waals surface area contributed by atoms with E-state index in [4.69, 9.17) is 4.74 Å². The minimum Gasteiger partial charge on any atom is -0.379 e. The standard InChI is InChI=1S/C20H31N3O3/c1-17-5-8-23(19(25)13-17)14-18(24)21-15-20(6-3-2-4-7-20)16-22-9-11-26-12-10-22/h5,8,13H,2-4,6-7,9-12,14-16H2,1H3,(H,21,24). The summed E-state index contributed by atoms with van der Waals surface area (Å²) in [7, 11) is 0. The number of aryl methyl sites for hydroxylation is 1. The fourth-order valence-corrected chi connectivity index (χ4v) is 4.16. The van der Waals surface area contributed by atoms with Gasteiger partial charge in [0.2, 0.25) is 5.91 Å². The Labute approximate surface area is 155 Å². The number of pyridine rings is 1. The zero-order valence-corrected chi connectivity index (χ0v) is 15.8. The van der Waals surface area contributed by atoms with Crippen LogP contribution >= 0.6 is 0 Å². The van der Waals surface area contributed by atoms with Gasteiger partial charge in [-0.05, 0) is 31.4 Å². The second-order valence-electron chi connectivity index (χ2n) is 7.90. The summed E-state index contributed by atoms with van der Waals surface area (Å²) in [6.07, 6.45) is 7.78. The molecule has 1 aliphatic heterocycles. The van der Waals surface area contributed by atoms with Crippen LogP contribution in [0.5, 0.6) is 0 Å². The monoisotopic (exact) mass is 361 g/mol. The van der Waals surface area contributed by atoms with Gasteiger partial charge in [0.05, 0.1) is 13.2 Å². The lowest BCUT2D eigenvalue weighted by atomic mass is 9.73. The molecule has 26 heavy (non-hydrogen) atoms. The van der Waals surface area contributed by atoms with E-state index in [1.54, 1.807) is 12.3 Å². The van der Waals surface area contributed by atoms with Crippen molar-refractivity contribution in [1.29, 1.82) is 0 Å². The Morgan fingerprint density at radius 3 is 2.65 bits per heavy atom. The molecule has 6 nitrogen and oxygen atoms in total. The van der Waals surface area contributed by atoms with Crippen LogP contribution in [-0.2, 0) is 16.1 Å². The van der Waals surface area contributed by atoms with Crippen molar-refractivity contribution in [3.05, 3.63) is 34.2 Å². The van der Waals surface area contributed by atoms with Crippen LogP contribution in [0, 0.1) is 12.3 Å². The minimum absolute atomic E-state index is 0.0807. The average molecular weight is 361 g/mol. The van der Waals surface area contributed by atoms with E-state index in [1.165, 1.54) is 23.8 Å². The predicted molar refractivity (Wildman–Crippen MR) is 101 cm³/mol. The first-order valence-corrected chi connectivity index (χ1v) is 9.80. The van der Waals surface area contributed by atoms with Gasteiger partial charge in [0, 0.05) is 43.9 Å². The Hall–Kier alpha value is -1.66. The van der Waals surface area contributed by atoms with Gasteiger partial charge in [-0.25, -0.2) is 0 Å². The Morgan fingerprint density at radius 1 is 1.23 bits per heavy atom. The van der Waals surface area contributed by atoms with Gasteiger partial charge in [0.25, 0.3) is 5.56 Å². The highest BCUT2D eigenvalue weighted by Gasteiger charge is 2.34.